The summed E-state index contributed by atoms with van der Waals surface area (Å²) in [6.45, 7) is 2.01. The largest absolute Gasteiger partial charge is 0.481 e. The van der Waals surface area contributed by atoms with E-state index < -0.39 is 5.97 Å². The molecule has 3 N–H and O–H groups in total. The maximum atomic E-state index is 12.6. The molecule has 0 spiro atoms. The number of nitrogens with zero attached hydrogens (tertiary/aromatic N) is 1. The number of carboxylic acids is 1. The van der Waals surface area contributed by atoms with E-state index in [1.807, 2.05) is 36.4 Å². The van der Waals surface area contributed by atoms with Gasteiger partial charge in [0, 0.05) is 35.7 Å². The van der Waals surface area contributed by atoms with Gasteiger partial charge in [-0.2, -0.15) is 0 Å². The highest BCUT2D eigenvalue weighted by atomic mass is 35.5. The first-order valence-electron chi connectivity index (χ1n) is 12.4. The van der Waals surface area contributed by atoms with Crippen molar-refractivity contribution in [2.45, 2.75) is 51.4 Å². The van der Waals surface area contributed by atoms with Crippen molar-refractivity contribution in [1.29, 1.82) is 0 Å². The summed E-state index contributed by atoms with van der Waals surface area (Å²) in [5, 5.41) is 16.1. The first kappa shape index (κ1) is 26.8. The molecule has 1 aliphatic carbocycles. The van der Waals surface area contributed by atoms with Gasteiger partial charge in [-0.25, -0.2) is 4.98 Å². The van der Waals surface area contributed by atoms with Crippen LogP contribution in [-0.4, -0.2) is 34.4 Å². The lowest BCUT2D eigenvalue weighted by Gasteiger charge is -2.28. The van der Waals surface area contributed by atoms with Crippen molar-refractivity contribution in [1.82, 2.24) is 10.3 Å². The molecule has 37 heavy (non-hydrogen) atoms. The summed E-state index contributed by atoms with van der Waals surface area (Å²) in [5.74, 6) is -0.431. The van der Waals surface area contributed by atoms with Crippen molar-refractivity contribution < 1.29 is 19.5 Å². The zero-order chi connectivity index (χ0) is 26.4. The van der Waals surface area contributed by atoms with E-state index in [0.717, 1.165) is 36.3 Å². The van der Waals surface area contributed by atoms with Gasteiger partial charge in [0.1, 0.15) is 9.88 Å². The van der Waals surface area contributed by atoms with Crippen LogP contribution >= 0.6 is 22.9 Å². The van der Waals surface area contributed by atoms with E-state index >= 15 is 0 Å². The van der Waals surface area contributed by atoms with Gasteiger partial charge in [-0.1, -0.05) is 35.9 Å². The van der Waals surface area contributed by atoms with Crippen LogP contribution in [0.15, 0.2) is 48.5 Å². The van der Waals surface area contributed by atoms with E-state index in [0.29, 0.717) is 27.2 Å². The summed E-state index contributed by atoms with van der Waals surface area (Å²) in [7, 11) is 0. The lowest BCUT2D eigenvalue weighted by Crippen LogP contribution is -2.27. The van der Waals surface area contributed by atoms with Gasteiger partial charge in [0.2, 0.25) is 5.91 Å². The Morgan fingerprint density at radius 2 is 1.70 bits per heavy atom. The Hall–Kier alpha value is -3.23. The molecule has 0 unspecified atom stereocenters. The number of carbonyl (C=O) groups excluding carboxylic acids is 2. The van der Waals surface area contributed by atoms with Crippen molar-refractivity contribution >= 4 is 46.4 Å². The van der Waals surface area contributed by atoms with Crippen LogP contribution in [0.25, 0.3) is 10.6 Å². The number of nitrogens with one attached hydrogen (secondary N) is 2. The van der Waals surface area contributed by atoms with Crippen molar-refractivity contribution in [3.63, 3.8) is 0 Å². The van der Waals surface area contributed by atoms with Crippen LogP contribution in [0.5, 0.6) is 0 Å². The second-order valence-electron chi connectivity index (χ2n) is 9.43. The van der Waals surface area contributed by atoms with Crippen LogP contribution < -0.4 is 10.6 Å². The van der Waals surface area contributed by atoms with Gasteiger partial charge >= 0.3 is 5.97 Å². The van der Waals surface area contributed by atoms with Crippen LogP contribution in [0.3, 0.4) is 0 Å². The van der Waals surface area contributed by atoms with Gasteiger partial charge in [0.15, 0.2) is 0 Å². The Kier molecular flexibility index (Phi) is 8.95. The highest BCUT2D eigenvalue weighted by Crippen LogP contribution is 2.37. The molecule has 4 rings (SSSR count). The molecule has 0 radical (unpaired) electrons. The second-order valence-corrected chi connectivity index (χ2v) is 10.9. The van der Waals surface area contributed by atoms with Crippen LogP contribution in [-0.2, 0) is 9.59 Å². The average molecular weight is 540 g/mol. The van der Waals surface area contributed by atoms with E-state index in [9.17, 15) is 14.4 Å². The van der Waals surface area contributed by atoms with Crippen LogP contribution in [0.4, 0.5) is 5.69 Å². The van der Waals surface area contributed by atoms with Gasteiger partial charge in [0.05, 0.1) is 5.69 Å². The second kappa shape index (κ2) is 12.3. The molecule has 1 fully saturated rings. The predicted molar refractivity (Wildman–Crippen MR) is 146 cm³/mol. The summed E-state index contributed by atoms with van der Waals surface area (Å²) in [4.78, 5) is 41.0. The number of halogens is 1. The highest BCUT2D eigenvalue weighted by Gasteiger charge is 2.24. The smallest absolute Gasteiger partial charge is 0.303 e. The first-order chi connectivity index (χ1) is 17.8. The number of carboxylic acid groups (broad SMARTS) is 1. The van der Waals surface area contributed by atoms with Gasteiger partial charge in [-0.05, 0) is 74.3 Å². The Morgan fingerprint density at radius 3 is 2.35 bits per heavy atom. The molecule has 7 nitrogen and oxygen atoms in total. The Morgan fingerprint density at radius 1 is 1.03 bits per heavy atom. The SMILES string of the molecule is Cc1nc(-c2ccc(Cl)cc2)sc1C(=O)NCCC(=O)Nc1ccc(C2CCC(CC(=O)O)CC2)cc1. The minimum Gasteiger partial charge on any atom is -0.481 e. The van der Waals surface area contributed by atoms with Gasteiger partial charge < -0.3 is 15.7 Å². The molecular weight excluding hydrogens is 510 g/mol. The zero-order valence-electron chi connectivity index (χ0n) is 20.6. The zero-order valence-corrected chi connectivity index (χ0v) is 22.2. The fourth-order valence-electron chi connectivity index (χ4n) is 4.70. The van der Waals surface area contributed by atoms with E-state index in [-0.39, 0.29) is 37.1 Å². The number of amides is 2. The van der Waals surface area contributed by atoms with Gasteiger partial charge in [-0.3, -0.25) is 14.4 Å². The van der Waals surface area contributed by atoms with E-state index in [1.165, 1.54) is 16.9 Å². The van der Waals surface area contributed by atoms with E-state index in [1.54, 1.807) is 19.1 Å². The molecule has 2 amide bonds. The predicted octanol–water partition coefficient (Wildman–Crippen LogP) is 6.28. The molecule has 0 saturated heterocycles. The molecule has 2 aromatic carbocycles. The summed E-state index contributed by atoms with van der Waals surface area (Å²) in [6, 6.07) is 15.2. The maximum absolute atomic E-state index is 12.6. The topological polar surface area (TPSA) is 108 Å². The first-order valence-corrected chi connectivity index (χ1v) is 13.6. The standard InChI is InChI=1S/C28H30ClN3O4S/c1-17-26(37-28(31-17)21-6-10-22(29)11-7-21)27(36)30-15-14-24(33)32-23-12-8-20(9-13-23)19-4-2-18(3-5-19)16-25(34)35/h6-13,18-19H,2-5,14-16H2,1H3,(H,30,36)(H,32,33)(H,34,35). The molecule has 0 bridgehead atoms. The molecule has 1 heterocycles. The number of benzene rings is 2. The van der Waals surface area contributed by atoms with Crippen molar-refractivity contribution in [3.05, 3.63) is 69.7 Å². The monoisotopic (exact) mass is 539 g/mol. The summed E-state index contributed by atoms with van der Waals surface area (Å²) in [6.07, 6.45) is 4.26. The number of aromatic nitrogens is 1. The molecule has 0 aliphatic heterocycles. The van der Waals surface area contributed by atoms with Crippen LogP contribution in [0.2, 0.25) is 5.02 Å². The average Bonchev–Trinajstić information content (AvgIpc) is 3.26. The van der Waals surface area contributed by atoms with E-state index in [4.69, 9.17) is 16.7 Å². The number of aryl methyl sites for hydroxylation is 1. The number of thiazole rings is 1. The van der Waals surface area contributed by atoms with Gasteiger partial charge in [0.25, 0.3) is 5.91 Å². The summed E-state index contributed by atoms with van der Waals surface area (Å²) < 4.78 is 0. The third-order valence-electron chi connectivity index (χ3n) is 6.71. The molecule has 1 saturated carbocycles. The molecule has 194 valence electrons. The molecule has 9 heteroatoms. The molecule has 1 aromatic heterocycles. The van der Waals surface area contributed by atoms with Crippen LogP contribution in [0.1, 0.15) is 65.4 Å². The normalized spacial score (nSPS) is 17.2. The lowest BCUT2D eigenvalue weighted by molar-refractivity contribution is -0.138. The third kappa shape index (κ3) is 7.40. The Labute approximate surface area is 225 Å². The highest BCUT2D eigenvalue weighted by molar-refractivity contribution is 7.17. The number of rotatable bonds is 9. The third-order valence-corrected chi connectivity index (χ3v) is 8.16. The number of carbonyl (C=O) groups is 3. The maximum Gasteiger partial charge on any atom is 0.303 e. The molecular formula is C28H30ClN3O4S. The van der Waals surface area contributed by atoms with Crippen molar-refractivity contribution in [2.75, 3.05) is 11.9 Å². The Balaban J connectivity index is 1.22. The Bertz CT molecular complexity index is 1250. The fraction of sp³-hybridized carbons (Fsp3) is 0.357. The summed E-state index contributed by atoms with van der Waals surface area (Å²) >= 11 is 7.26. The number of anilines is 1. The molecule has 1 aliphatic rings. The minimum absolute atomic E-state index is 0.156. The number of aliphatic carboxylic acids is 1. The van der Waals surface area contributed by atoms with Gasteiger partial charge in [-0.15, -0.1) is 11.3 Å². The quantitative estimate of drug-likeness (QED) is 0.296. The number of hydrogen-bond acceptors (Lipinski definition) is 5. The molecule has 0 atom stereocenters. The molecule has 3 aromatic rings. The fourth-order valence-corrected chi connectivity index (χ4v) is 5.82. The number of hydrogen-bond donors (Lipinski definition) is 3. The van der Waals surface area contributed by atoms with Crippen LogP contribution in [0, 0.1) is 12.8 Å². The lowest BCUT2D eigenvalue weighted by atomic mass is 9.77. The van der Waals surface area contributed by atoms with E-state index in [2.05, 4.69) is 15.6 Å². The summed E-state index contributed by atoms with van der Waals surface area (Å²) in [5.41, 5.74) is 3.47. The van der Waals surface area contributed by atoms with Crippen molar-refractivity contribution in [3.8, 4) is 10.6 Å². The van der Waals surface area contributed by atoms with Crippen molar-refractivity contribution in [2.24, 2.45) is 5.92 Å². The minimum atomic E-state index is -0.718.